The van der Waals surface area contributed by atoms with Crippen molar-refractivity contribution in [3.05, 3.63) is 41.9 Å². The number of para-hydroxylation sites is 2. The number of oxazole rings is 1. The van der Waals surface area contributed by atoms with Gasteiger partial charge in [0.1, 0.15) is 5.52 Å². The lowest BCUT2D eigenvalue weighted by atomic mass is 9.97. The summed E-state index contributed by atoms with van der Waals surface area (Å²) < 4.78 is 10.9. The molecule has 1 aliphatic rings. The van der Waals surface area contributed by atoms with Gasteiger partial charge in [0.2, 0.25) is 5.88 Å². The Morgan fingerprint density at radius 2 is 2.08 bits per heavy atom. The average molecular weight is 326 g/mol. The predicted molar refractivity (Wildman–Crippen MR) is 87.8 cm³/mol. The minimum atomic E-state index is -0.165. The highest BCUT2D eigenvalue weighted by atomic mass is 16.5. The summed E-state index contributed by atoms with van der Waals surface area (Å²) in [5.74, 6) is 1.38. The predicted octanol–water partition coefficient (Wildman–Crippen LogP) is 3.54. The van der Waals surface area contributed by atoms with Crippen molar-refractivity contribution in [2.45, 2.75) is 25.7 Å². The van der Waals surface area contributed by atoms with Crippen LogP contribution in [0.4, 0.5) is 10.7 Å². The molecule has 0 unspecified atom stereocenters. The maximum Gasteiger partial charge on any atom is 0.324 e. The molecule has 0 bridgehead atoms. The van der Waals surface area contributed by atoms with E-state index in [0.29, 0.717) is 19.0 Å². The number of urea groups is 1. The second kappa shape index (κ2) is 5.99. The Morgan fingerprint density at radius 3 is 2.79 bits per heavy atom. The molecule has 3 heterocycles. The third-order valence-electron chi connectivity index (χ3n) is 4.30. The molecule has 0 aliphatic carbocycles. The first-order valence-corrected chi connectivity index (χ1v) is 8.04. The van der Waals surface area contributed by atoms with E-state index in [0.717, 1.165) is 35.5 Å². The van der Waals surface area contributed by atoms with Crippen LogP contribution in [0.25, 0.3) is 11.1 Å². The molecular formula is C17H18N4O3. The number of benzene rings is 1. The van der Waals surface area contributed by atoms with E-state index >= 15 is 0 Å². The molecule has 2 amide bonds. The number of anilines is 1. The van der Waals surface area contributed by atoms with Crippen LogP contribution in [0.5, 0.6) is 0 Å². The number of nitrogens with one attached hydrogen (secondary N) is 1. The van der Waals surface area contributed by atoms with Gasteiger partial charge in [-0.25, -0.2) is 9.78 Å². The summed E-state index contributed by atoms with van der Waals surface area (Å²) in [7, 11) is 0. The highest BCUT2D eigenvalue weighted by molar-refractivity contribution is 5.87. The molecule has 0 saturated carbocycles. The van der Waals surface area contributed by atoms with Gasteiger partial charge in [0.05, 0.1) is 5.69 Å². The van der Waals surface area contributed by atoms with Crippen LogP contribution in [0.15, 0.2) is 39.3 Å². The zero-order valence-electron chi connectivity index (χ0n) is 13.4. The number of nitrogens with zero attached hydrogens (tertiary/aromatic N) is 3. The van der Waals surface area contributed by atoms with Gasteiger partial charge in [0.15, 0.2) is 11.5 Å². The minimum Gasteiger partial charge on any atom is -0.440 e. The molecule has 24 heavy (non-hydrogen) atoms. The zero-order valence-corrected chi connectivity index (χ0v) is 13.4. The number of aryl methyl sites for hydroxylation is 1. The topological polar surface area (TPSA) is 84.4 Å². The number of carbonyl (C=O) groups excluding carboxylic acids is 1. The summed E-state index contributed by atoms with van der Waals surface area (Å²) in [4.78, 5) is 18.6. The van der Waals surface area contributed by atoms with Crippen LogP contribution in [0, 0.1) is 6.92 Å². The van der Waals surface area contributed by atoms with E-state index < -0.39 is 0 Å². The van der Waals surface area contributed by atoms with Crippen molar-refractivity contribution in [1.82, 2.24) is 15.0 Å². The summed E-state index contributed by atoms with van der Waals surface area (Å²) in [5.41, 5.74) is 2.43. The SMILES string of the molecule is Cc1cc(NC(=O)N2CCC(c3nc4ccccc4o3)CC2)on1. The second-order valence-corrected chi connectivity index (χ2v) is 6.04. The van der Waals surface area contributed by atoms with Gasteiger partial charge in [-0.3, -0.25) is 5.32 Å². The summed E-state index contributed by atoms with van der Waals surface area (Å²) >= 11 is 0. The largest absolute Gasteiger partial charge is 0.440 e. The third kappa shape index (κ3) is 2.84. The Balaban J connectivity index is 1.38. The van der Waals surface area contributed by atoms with Gasteiger partial charge >= 0.3 is 6.03 Å². The average Bonchev–Trinajstić information content (AvgIpc) is 3.21. The quantitative estimate of drug-likeness (QED) is 0.778. The van der Waals surface area contributed by atoms with Gasteiger partial charge in [-0.2, -0.15) is 0 Å². The Bertz CT molecular complexity index is 828. The number of hydrogen-bond donors (Lipinski definition) is 1. The van der Waals surface area contributed by atoms with Gasteiger partial charge in [0, 0.05) is 25.1 Å². The molecule has 7 heteroatoms. The van der Waals surface area contributed by atoms with Gasteiger partial charge in [-0.05, 0) is 31.9 Å². The minimum absolute atomic E-state index is 0.165. The molecule has 1 aromatic carbocycles. The highest BCUT2D eigenvalue weighted by Gasteiger charge is 2.27. The van der Waals surface area contributed by atoms with Gasteiger partial charge < -0.3 is 13.8 Å². The van der Waals surface area contributed by atoms with Crippen LogP contribution in [-0.2, 0) is 0 Å². The highest BCUT2D eigenvalue weighted by Crippen LogP contribution is 2.30. The lowest BCUT2D eigenvalue weighted by molar-refractivity contribution is 0.189. The van der Waals surface area contributed by atoms with Crippen molar-refractivity contribution in [1.29, 1.82) is 0 Å². The molecule has 0 radical (unpaired) electrons. The van der Waals surface area contributed by atoms with Gasteiger partial charge in [-0.15, -0.1) is 0 Å². The number of amides is 2. The molecule has 2 aromatic heterocycles. The first-order valence-electron chi connectivity index (χ1n) is 8.04. The Labute approximate surface area is 138 Å². The van der Waals surface area contributed by atoms with E-state index in [1.165, 1.54) is 0 Å². The van der Waals surface area contributed by atoms with Crippen LogP contribution < -0.4 is 5.32 Å². The monoisotopic (exact) mass is 326 g/mol. The van der Waals surface area contributed by atoms with E-state index in [9.17, 15) is 4.79 Å². The molecule has 1 N–H and O–H groups in total. The maximum atomic E-state index is 12.2. The normalized spacial score (nSPS) is 15.8. The Morgan fingerprint density at radius 1 is 1.29 bits per heavy atom. The van der Waals surface area contributed by atoms with E-state index in [1.54, 1.807) is 11.0 Å². The van der Waals surface area contributed by atoms with E-state index in [-0.39, 0.29) is 11.9 Å². The molecular weight excluding hydrogens is 308 g/mol. The van der Waals surface area contributed by atoms with Crippen LogP contribution >= 0.6 is 0 Å². The van der Waals surface area contributed by atoms with E-state index in [4.69, 9.17) is 8.94 Å². The number of aromatic nitrogens is 2. The number of likely N-dealkylation sites (tertiary alicyclic amines) is 1. The van der Waals surface area contributed by atoms with E-state index in [2.05, 4.69) is 15.5 Å². The van der Waals surface area contributed by atoms with Crippen molar-refractivity contribution < 1.29 is 13.7 Å². The Hall–Kier alpha value is -2.83. The zero-order chi connectivity index (χ0) is 16.5. The first-order chi connectivity index (χ1) is 11.7. The standard InChI is InChI=1S/C17H18N4O3/c1-11-10-15(24-20-11)19-17(22)21-8-6-12(7-9-21)16-18-13-4-2-3-5-14(13)23-16/h2-5,10,12H,6-9H2,1H3,(H,19,22). The molecule has 1 fully saturated rings. The molecule has 124 valence electrons. The lowest BCUT2D eigenvalue weighted by Gasteiger charge is -2.30. The summed E-state index contributed by atoms with van der Waals surface area (Å²) in [6.45, 7) is 3.12. The molecule has 0 atom stereocenters. The van der Waals surface area contributed by atoms with Crippen molar-refractivity contribution in [2.24, 2.45) is 0 Å². The summed E-state index contributed by atoms with van der Waals surface area (Å²) in [5, 5.41) is 6.49. The molecule has 7 nitrogen and oxygen atoms in total. The van der Waals surface area contributed by atoms with Gasteiger partial charge in [-0.1, -0.05) is 17.3 Å². The van der Waals surface area contributed by atoms with Gasteiger partial charge in [0.25, 0.3) is 0 Å². The Kier molecular flexibility index (Phi) is 3.68. The third-order valence-corrected chi connectivity index (χ3v) is 4.30. The fourth-order valence-electron chi connectivity index (χ4n) is 3.00. The number of piperidine rings is 1. The van der Waals surface area contributed by atoms with Crippen LogP contribution in [0.2, 0.25) is 0 Å². The van der Waals surface area contributed by atoms with Crippen molar-refractivity contribution in [3.63, 3.8) is 0 Å². The smallest absolute Gasteiger partial charge is 0.324 e. The van der Waals surface area contributed by atoms with Crippen molar-refractivity contribution in [3.8, 4) is 0 Å². The van der Waals surface area contributed by atoms with Crippen molar-refractivity contribution >= 4 is 23.0 Å². The second-order valence-electron chi connectivity index (χ2n) is 6.04. The number of hydrogen-bond acceptors (Lipinski definition) is 5. The lowest BCUT2D eigenvalue weighted by Crippen LogP contribution is -2.40. The van der Waals surface area contributed by atoms with Crippen molar-refractivity contribution in [2.75, 3.05) is 18.4 Å². The molecule has 0 spiro atoms. The first kappa shape index (κ1) is 14.7. The summed E-state index contributed by atoms with van der Waals surface area (Å²) in [6, 6.07) is 9.30. The van der Waals surface area contributed by atoms with Crippen LogP contribution in [0.3, 0.4) is 0 Å². The molecule has 1 saturated heterocycles. The van der Waals surface area contributed by atoms with Crippen LogP contribution in [0.1, 0.15) is 30.3 Å². The number of carbonyl (C=O) groups is 1. The molecule has 3 aromatic rings. The number of rotatable bonds is 2. The van der Waals surface area contributed by atoms with Crippen LogP contribution in [-0.4, -0.2) is 34.2 Å². The molecule has 4 rings (SSSR count). The summed E-state index contributed by atoms with van der Waals surface area (Å²) in [6.07, 6.45) is 1.66. The van der Waals surface area contributed by atoms with E-state index in [1.807, 2.05) is 31.2 Å². The maximum absolute atomic E-state index is 12.2. The molecule has 1 aliphatic heterocycles. The number of fused-ring (bicyclic) bond motifs is 1. The fourth-order valence-corrected chi connectivity index (χ4v) is 3.00. The fraction of sp³-hybridized carbons (Fsp3) is 0.353.